The summed E-state index contributed by atoms with van der Waals surface area (Å²) in [6, 6.07) is 0.166. The summed E-state index contributed by atoms with van der Waals surface area (Å²) in [6.07, 6.45) is 2.02. The fourth-order valence-corrected chi connectivity index (χ4v) is 2.07. The summed E-state index contributed by atoms with van der Waals surface area (Å²) < 4.78 is 0. The number of rotatable bonds is 4. The number of hydrogen-bond donors (Lipinski definition) is 1. The zero-order valence-corrected chi connectivity index (χ0v) is 10.9. The molecule has 1 heterocycles. The topological polar surface area (TPSA) is 49.6 Å². The van der Waals surface area contributed by atoms with Gasteiger partial charge in [0.15, 0.2) is 0 Å². The van der Waals surface area contributed by atoms with Crippen LogP contribution in [0.1, 0.15) is 26.7 Å². The smallest absolute Gasteiger partial charge is 0.239 e. The molecule has 1 aliphatic rings. The van der Waals surface area contributed by atoms with Crippen molar-refractivity contribution in [1.82, 2.24) is 9.80 Å². The van der Waals surface area contributed by atoms with Crippen molar-refractivity contribution in [3.05, 3.63) is 0 Å². The first-order chi connectivity index (χ1) is 7.47. The van der Waals surface area contributed by atoms with Gasteiger partial charge in [0.1, 0.15) is 0 Å². The molecule has 4 heteroatoms. The standard InChI is InChI=1S/C12H25N3O/c1-5-9(2)11(13)12(16)15-7-6-10(8-15)14(3)4/h9-11H,5-8,13H2,1-4H3/t9-,10?,11-/m0/s1. The Morgan fingerprint density at radius 1 is 1.56 bits per heavy atom. The summed E-state index contributed by atoms with van der Waals surface area (Å²) in [5.74, 6) is 0.393. The lowest BCUT2D eigenvalue weighted by Gasteiger charge is -2.25. The van der Waals surface area contributed by atoms with E-state index in [1.165, 1.54) is 0 Å². The number of hydrogen-bond acceptors (Lipinski definition) is 3. The van der Waals surface area contributed by atoms with E-state index in [1.807, 2.05) is 11.8 Å². The Labute approximate surface area is 98.8 Å². The van der Waals surface area contributed by atoms with Crippen LogP contribution < -0.4 is 5.73 Å². The third kappa shape index (κ3) is 2.95. The number of nitrogens with zero attached hydrogens (tertiary/aromatic N) is 2. The predicted molar refractivity (Wildman–Crippen MR) is 66.1 cm³/mol. The van der Waals surface area contributed by atoms with Gasteiger partial charge < -0.3 is 15.5 Å². The molecule has 1 fully saturated rings. The molecule has 0 aromatic rings. The number of carbonyl (C=O) groups excluding carboxylic acids is 1. The largest absolute Gasteiger partial charge is 0.340 e. The molecule has 1 amide bonds. The molecule has 3 atom stereocenters. The molecule has 0 spiro atoms. The number of amides is 1. The molecular weight excluding hydrogens is 202 g/mol. The van der Waals surface area contributed by atoms with E-state index in [-0.39, 0.29) is 17.9 Å². The van der Waals surface area contributed by atoms with Crippen molar-refractivity contribution in [3.8, 4) is 0 Å². The highest BCUT2D eigenvalue weighted by molar-refractivity contribution is 5.82. The Bertz CT molecular complexity index is 242. The van der Waals surface area contributed by atoms with Gasteiger partial charge in [0, 0.05) is 19.1 Å². The van der Waals surface area contributed by atoms with Crippen molar-refractivity contribution in [2.75, 3.05) is 27.2 Å². The van der Waals surface area contributed by atoms with Crippen LogP contribution in [0.4, 0.5) is 0 Å². The van der Waals surface area contributed by atoms with Crippen LogP contribution in [0.15, 0.2) is 0 Å². The van der Waals surface area contributed by atoms with Gasteiger partial charge in [0.05, 0.1) is 6.04 Å². The molecule has 1 aliphatic heterocycles. The molecule has 1 unspecified atom stereocenters. The minimum Gasteiger partial charge on any atom is -0.340 e. The van der Waals surface area contributed by atoms with Crippen LogP contribution >= 0.6 is 0 Å². The van der Waals surface area contributed by atoms with E-state index >= 15 is 0 Å². The molecule has 0 saturated carbocycles. The third-order valence-corrected chi connectivity index (χ3v) is 3.75. The maximum absolute atomic E-state index is 12.1. The van der Waals surface area contributed by atoms with E-state index in [4.69, 9.17) is 5.73 Å². The van der Waals surface area contributed by atoms with E-state index < -0.39 is 0 Å². The quantitative estimate of drug-likeness (QED) is 0.762. The minimum atomic E-state index is -0.328. The van der Waals surface area contributed by atoms with E-state index in [2.05, 4.69) is 25.9 Å². The van der Waals surface area contributed by atoms with Crippen molar-refractivity contribution in [2.45, 2.75) is 38.8 Å². The fraction of sp³-hybridized carbons (Fsp3) is 0.917. The number of carbonyl (C=O) groups is 1. The Balaban J connectivity index is 2.50. The average Bonchev–Trinajstić information content (AvgIpc) is 2.75. The summed E-state index contributed by atoms with van der Waals surface area (Å²) in [5, 5.41) is 0. The van der Waals surface area contributed by atoms with Crippen LogP contribution in [-0.2, 0) is 4.79 Å². The lowest BCUT2D eigenvalue weighted by molar-refractivity contribution is -0.132. The predicted octanol–water partition coefficient (Wildman–Crippen LogP) is 0.522. The first-order valence-electron chi connectivity index (χ1n) is 6.18. The molecule has 16 heavy (non-hydrogen) atoms. The van der Waals surface area contributed by atoms with Gasteiger partial charge >= 0.3 is 0 Å². The lowest BCUT2D eigenvalue weighted by Crippen LogP contribution is -2.47. The summed E-state index contributed by atoms with van der Waals surface area (Å²) in [6.45, 7) is 5.80. The second-order valence-electron chi connectivity index (χ2n) is 5.10. The molecule has 0 radical (unpaired) electrons. The first-order valence-corrected chi connectivity index (χ1v) is 6.18. The average molecular weight is 227 g/mol. The zero-order valence-electron chi connectivity index (χ0n) is 10.9. The Morgan fingerprint density at radius 3 is 2.62 bits per heavy atom. The summed E-state index contributed by atoms with van der Waals surface area (Å²) in [5.41, 5.74) is 5.97. The second kappa shape index (κ2) is 5.64. The van der Waals surface area contributed by atoms with Crippen molar-refractivity contribution in [3.63, 3.8) is 0 Å². The molecule has 94 valence electrons. The monoisotopic (exact) mass is 227 g/mol. The van der Waals surface area contributed by atoms with Gasteiger partial charge in [0.2, 0.25) is 5.91 Å². The van der Waals surface area contributed by atoms with Gasteiger partial charge in [-0.1, -0.05) is 20.3 Å². The van der Waals surface area contributed by atoms with Gasteiger partial charge in [-0.25, -0.2) is 0 Å². The highest BCUT2D eigenvalue weighted by Crippen LogP contribution is 2.16. The molecule has 0 aliphatic carbocycles. The molecule has 0 aromatic heterocycles. The van der Waals surface area contributed by atoms with Crippen LogP contribution in [0, 0.1) is 5.92 Å². The maximum Gasteiger partial charge on any atom is 0.239 e. The zero-order chi connectivity index (χ0) is 12.3. The molecule has 0 aromatic carbocycles. The molecular formula is C12H25N3O. The highest BCUT2D eigenvalue weighted by Gasteiger charge is 2.31. The molecule has 1 rings (SSSR count). The van der Waals surface area contributed by atoms with Gasteiger partial charge in [-0.3, -0.25) is 4.79 Å². The van der Waals surface area contributed by atoms with E-state index in [1.54, 1.807) is 0 Å². The van der Waals surface area contributed by atoms with Crippen LogP contribution in [0.2, 0.25) is 0 Å². The second-order valence-corrected chi connectivity index (χ2v) is 5.10. The Kier molecular flexibility index (Phi) is 4.74. The van der Waals surface area contributed by atoms with E-state index in [9.17, 15) is 4.79 Å². The molecule has 4 nitrogen and oxygen atoms in total. The van der Waals surface area contributed by atoms with Crippen LogP contribution in [0.5, 0.6) is 0 Å². The number of nitrogens with two attached hydrogens (primary N) is 1. The number of likely N-dealkylation sites (N-methyl/N-ethyl adjacent to an activating group) is 1. The van der Waals surface area contributed by atoms with Crippen LogP contribution in [-0.4, -0.2) is 55.0 Å². The summed E-state index contributed by atoms with van der Waals surface area (Å²) in [7, 11) is 4.13. The molecule has 1 saturated heterocycles. The Morgan fingerprint density at radius 2 is 2.19 bits per heavy atom. The SMILES string of the molecule is CC[C@H](C)[C@H](N)C(=O)N1CCC(N(C)C)C1. The van der Waals surface area contributed by atoms with Gasteiger partial charge in [-0.2, -0.15) is 0 Å². The van der Waals surface area contributed by atoms with Gasteiger partial charge in [0.25, 0.3) is 0 Å². The molecule has 0 bridgehead atoms. The van der Waals surface area contributed by atoms with Crippen molar-refractivity contribution in [2.24, 2.45) is 11.7 Å². The summed E-state index contributed by atoms with van der Waals surface area (Å²) in [4.78, 5) is 16.2. The number of likely N-dealkylation sites (tertiary alicyclic amines) is 1. The van der Waals surface area contributed by atoms with Gasteiger partial charge in [-0.05, 0) is 26.4 Å². The van der Waals surface area contributed by atoms with E-state index in [0.29, 0.717) is 6.04 Å². The van der Waals surface area contributed by atoms with Crippen molar-refractivity contribution in [1.29, 1.82) is 0 Å². The summed E-state index contributed by atoms with van der Waals surface area (Å²) >= 11 is 0. The Hall–Kier alpha value is -0.610. The minimum absolute atomic E-state index is 0.124. The van der Waals surface area contributed by atoms with E-state index in [0.717, 1.165) is 25.9 Å². The third-order valence-electron chi connectivity index (χ3n) is 3.75. The highest BCUT2D eigenvalue weighted by atomic mass is 16.2. The lowest BCUT2D eigenvalue weighted by atomic mass is 9.99. The van der Waals surface area contributed by atoms with Crippen LogP contribution in [0.25, 0.3) is 0 Å². The first kappa shape index (κ1) is 13.5. The normalized spacial score (nSPS) is 24.9. The fourth-order valence-electron chi connectivity index (χ4n) is 2.07. The van der Waals surface area contributed by atoms with Crippen molar-refractivity contribution < 1.29 is 4.79 Å². The van der Waals surface area contributed by atoms with Crippen LogP contribution in [0.3, 0.4) is 0 Å². The van der Waals surface area contributed by atoms with Gasteiger partial charge in [-0.15, -0.1) is 0 Å². The maximum atomic E-state index is 12.1. The van der Waals surface area contributed by atoms with Crippen molar-refractivity contribution >= 4 is 5.91 Å². The molecule has 2 N–H and O–H groups in total.